The van der Waals surface area contributed by atoms with Gasteiger partial charge in [0.1, 0.15) is 11.6 Å². The maximum absolute atomic E-state index is 12.5. The second-order valence-corrected chi connectivity index (χ2v) is 19.1. The molecule has 0 saturated carbocycles. The maximum atomic E-state index is 12.5. The number of fused-ring (bicyclic) bond motifs is 1. The summed E-state index contributed by atoms with van der Waals surface area (Å²) in [6.45, 7) is 14.6. The van der Waals surface area contributed by atoms with Gasteiger partial charge >= 0.3 is 0 Å². The van der Waals surface area contributed by atoms with Crippen molar-refractivity contribution in [2.75, 3.05) is 0 Å². The van der Waals surface area contributed by atoms with Crippen molar-refractivity contribution in [3.63, 3.8) is 0 Å². The molecule has 0 radical (unpaired) electrons. The number of para-hydroxylation sites is 1. The van der Waals surface area contributed by atoms with Gasteiger partial charge < -0.3 is 5.11 Å². The zero-order valence-corrected chi connectivity index (χ0v) is 40.5. The van der Waals surface area contributed by atoms with Crippen LogP contribution in [0.2, 0.25) is 0 Å². The van der Waals surface area contributed by atoms with Gasteiger partial charge in [0.2, 0.25) is 0 Å². The Morgan fingerprint density at radius 2 is 1.26 bits per heavy atom. The van der Waals surface area contributed by atoms with Crippen LogP contribution in [0.15, 0.2) is 164 Å². The number of imidazole rings is 1. The number of phenols is 1. The molecule has 2 aromatic heterocycles. The molecule has 7 aromatic carbocycles. The quantitative estimate of drug-likeness (QED) is 0.154. The molecule has 0 amide bonds. The van der Waals surface area contributed by atoms with Crippen molar-refractivity contribution in [1.82, 2.24) is 14.5 Å². The molecule has 0 saturated heterocycles. The predicted molar refractivity (Wildman–Crippen MR) is 268 cm³/mol. The van der Waals surface area contributed by atoms with Crippen LogP contribution in [0.1, 0.15) is 89.0 Å². The van der Waals surface area contributed by atoms with E-state index in [1.54, 1.807) is 18.3 Å². The van der Waals surface area contributed by atoms with E-state index in [9.17, 15) is 6.48 Å². The number of phenolic OH excluding ortho intramolecular Hbond substituents is 1. The molecule has 0 bridgehead atoms. The van der Waals surface area contributed by atoms with Gasteiger partial charge in [-0.05, 0) is 92.9 Å². The Labute approximate surface area is 405 Å². The normalized spacial score (nSPS) is 13.1. The van der Waals surface area contributed by atoms with E-state index in [1.807, 2.05) is 80.6 Å². The monoisotopic (exact) mass is 1030 g/mol. The summed E-state index contributed by atoms with van der Waals surface area (Å²) in [5.41, 5.74) is 14.4. The van der Waals surface area contributed by atoms with Crippen LogP contribution in [-0.4, -0.2) is 19.6 Å². The Kier molecular flexibility index (Phi) is 11.1. The first-order valence-electron chi connectivity index (χ1n) is 24.0. The van der Waals surface area contributed by atoms with Crippen molar-refractivity contribution in [1.29, 1.82) is 0 Å². The minimum atomic E-state index is -2.19. The van der Waals surface area contributed by atoms with E-state index in [0.717, 1.165) is 83.5 Å². The molecular weight excluding hydrogens is 974 g/mol. The number of benzene rings is 7. The Morgan fingerprint density at radius 3 is 1.89 bits per heavy atom. The Hall–Kier alpha value is -6.35. The number of aryl methyl sites for hydroxylation is 1. The average Bonchev–Trinajstić information content (AvgIpc) is 3.70. The van der Waals surface area contributed by atoms with E-state index >= 15 is 0 Å². The molecule has 65 heavy (non-hydrogen) atoms. The summed E-state index contributed by atoms with van der Waals surface area (Å²) in [7, 11) is 0. The van der Waals surface area contributed by atoms with Gasteiger partial charge in [-0.2, -0.15) is 0 Å². The van der Waals surface area contributed by atoms with E-state index < -0.39 is 12.7 Å². The molecule has 2 heterocycles. The third kappa shape index (κ3) is 9.15. The van der Waals surface area contributed by atoms with Gasteiger partial charge in [-0.15, -0.1) is 23.8 Å². The van der Waals surface area contributed by atoms with Crippen LogP contribution in [0, 0.1) is 12.9 Å². The first kappa shape index (κ1) is 40.2. The third-order valence-electron chi connectivity index (χ3n) is 12.1. The van der Waals surface area contributed by atoms with Crippen LogP contribution in [0.25, 0.3) is 83.9 Å². The van der Waals surface area contributed by atoms with Crippen molar-refractivity contribution in [2.45, 2.75) is 79.0 Å². The summed E-state index contributed by atoms with van der Waals surface area (Å²) in [6.07, 6.45) is 1.78. The summed E-state index contributed by atoms with van der Waals surface area (Å²) >= 11 is 0. The van der Waals surface area contributed by atoms with Crippen LogP contribution >= 0.6 is 0 Å². The molecule has 0 fully saturated rings. The minimum Gasteiger partial charge on any atom is -0.507 e. The number of aromatic hydroxyl groups is 1. The molecule has 4 nitrogen and oxygen atoms in total. The molecule has 5 heteroatoms. The van der Waals surface area contributed by atoms with E-state index in [0.29, 0.717) is 22.6 Å². The van der Waals surface area contributed by atoms with Gasteiger partial charge in [0, 0.05) is 49.7 Å². The molecule has 0 aliphatic rings. The molecule has 0 unspecified atom stereocenters. The van der Waals surface area contributed by atoms with Crippen molar-refractivity contribution in [2.24, 2.45) is 0 Å². The largest absolute Gasteiger partial charge is 0.507 e. The molecular formula is C60H56N3OPt-. The second-order valence-electron chi connectivity index (χ2n) is 19.1. The summed E-state index contributed by atoms with van der Waals surface area (Å²) in [6, 6.07) is 56.2. The van der Waals surface area contributed by atoms with E-state index in [-0.39, 0.29) is 37.6 Å². The van der Waals surface area contributed by atoms with Gasteiger partial charge in [-0.3, -0.25) is 9.55 Å². The number of aromatic nitrogens is 3. The first-order valence-corrected chi connectivity index (χ1v) is 22.0. The molecule has 1 N–H and O–H groups in total. The minimum absolute atomic E-state index is 0. The Morgan fingerprint density at radius 1 is 0.615 bits per heavy atom. The van der Waals surface area contributed by atoms with Crippen LogP contribution in [0.5, 0.6) is 5.75 Å². The molecule has 328 valence electrons. The fourth-order valence-electron chi connectivity index (χ4n) is 8.46. The van der Waals surface area contributed by atoms with E-state index in [1.165, 1.54) is 0 Å². The standard InChI is InChI=1S/C60H56N3O.Pt/c1-38(2)44-29-46(41-19-14-11-15-20-41)34-50(33-44)63-55-22-16-21-51(56(55)62-58(63)52-36-49(59(4,5)6)37-53(57(52)64)60(7,8)9)47-30-45(40-17-12-10-13-18-40)31-48(32-47)54-35-43(27-28-61-54)42-25-23-39(3)24-26-42;/h10-31,33-38,64H,1-9H3;/q-1;/i3D3,38D;. The van der Waals surface area contributed by atoms with Gasteiger partial charge in [0.05, 0.1) is 16.6 Å². The number of nitrogens with zero attached hydrogens (tertiary/aromatic N) is 3. The van der Waals surface area contributed by atoms with Crippen LogP contribution in [0.3, 0.4) is 0 Å². The van der Waals surface area contributed by atoms with Gasteiger partial charge in [-0.25, -0.2) is 4.98 Å². The first-order chi connectivity index (χ1) is 32.1. The molecule has 9 rings (SSSR count). The van der Waals surface area contributed by atoms with E-state index in [2.05, 4.69) is 131 Å². The number of rotatable bonds is 8. The predicted octanol–water partition coefficient (Wildman–Crippen LogP) is 16.0. The summed E-state index contributed by atoms with van der Waals surface area (Å²) in [5.74, 6) is -0.160. The number of hydrogen-bond donors (Lipinski definition) is 1. The molecule has 0 aliphatic heterocycles. The molecule has 9 aromatic rings. The van der Waals surface area contributed by atoms with Gasteiger partial charge in [0.15, 0.2) is 0 Å². The van der Waals surface area contributed by atoms with Crippen molar-refractivity contribution >= 4 is 11.0 Å². The smallest absolute Gasteiger partial charge is 0.148 e. The van der Waals surface area contributed by atoms with Crippen molar-refractivity contribution in [3.8, 4) is 78.6 Å². The van der Waals surface area contributed by atoms with Gasteiger partial charge in [0.25, 0.3) is 0 Å². The molecule has 0 atom stereocenters. The second kappa shape index (κ2) is 17.9. The Bertz CT molecular complexity index is 3320. The third-order valence-corrected chi connectivity index (χ3v) is 12.1. The maximum Gasteiger partial charge on any atom is 0.148 e. The topological polar surface area (TPSA) is 50.9 Å². The average molecular weight is 1030 g/mol. The summed E-state index contributed by atoms with van der Waals surface area (Å²) in [5, 5.41) is 12.5. The zero-order valence-electron chi connectivity index (χ0n) is 42.2. The van der Waals surface area contributed by atoms with Crippen LogP contribution in [-0.2, 0) is 31.9 Å². The number of hydrogen-bond acceptors (Lipinski definition) is 3. The summed E-state index contributed by atoms with van der Waals surface area (Å²) in [4.78, 5) is 10.5. The van der Waals surface area contributed by atoms with Crippen molar-refractivity contribution in [3.05, 3.63) is 192 Å². The van der Waals surface area contributed by atoms with E-state index in [4.69, 9.17) is 14.1 Å². The van der Waals surface area contributed by atoms with Crippen LogP contribution < -0.4 is 0 Å². The number of pyridine rings is 1. The zero-order chi connectivity index (χ0) is 48.3. The Balaban J connectivity index is 0.00000642. The van der Waals surface area contributed by atoms with Crippen LogP contribution in [0.4, 0.5) is 0 Å². The SMILES string of the molecule is [2H]C([2H])([2H])c1ccc(-c2ccnc(-c3[c-]c(-c4cccc5c4nc(-c4cc(C(C)(C)C)cc(C(C)(C)C)c4O)n5-c4cc(-c5ccccc5)cc(C([2H])(C)C)c4)cc(-c4ccccc4)c3)c2)cc1.[Pt]. The fraction of sp³-hybridized carbons (Fsp3) is 0.200. The van der Waals surface area contributed by atoms with Crippen molar-refractivity contribution < 1.29 is 31.7 Å². The molecule has 0 aliphatic carbocycles. The van der Waals surface area contributed by atoms with Gasteiger partial charge in [-0.1, -0.05) is 193 Å². The fourth-order valence-corrected chi connectivity index (χ4v) is 8.46. The molecule has 0 spiro atoms. The summed E-state index contributed by atoms with van der Waals surface area (Å²) < 4.78 is 35.0.